The van der Waals surface area contributed by atoms with Crippen molar-refractivity contribution in [2.45, 2.75) is 57.7 Å². The van der Waals surface area contributed by atoms with Gasteiger partial charge in [-0.3, -0.25) is 21.3 Å². The van der Waals surface area contributed by atoms with Crippen LogP contribution in [0.1, 0.15) is 46.1 Å². The molecule has 0 bridgehead atoms. The van der Waals surface area contributed by atoms with Crippen molar-refractivity contribution in [1.29, 1.82) is 5.41 Å². The number of nitrogens with zero attached hydrogens (tertiary/aromatic N) is 3. The smallest absolute Gasteiger partial charge is 0.155 e. The second-order valence-electron chi connectivity index (χ2n) is 8.74. The minimum absolute atomic E-state index is 0.0256. The van der Waals surface area contributed by atoms with Crippen molar-refractivity contribution >= 4 is 23.6 Å². The van der Waals surface area contributed by atoms with E-state index in [1.165, 1.54) is 6.21 Å². The summed E-state index contributed by atoms with van der Waals surface area (Å²) in [6.45, 7) is 8.64. The highest BCUT2D eigenvalue weighted by Gasteiger charge is 2.37. The van der Waals surface area contributed by atoms with Gasteiger partial charge in [-0.15, -0.1) is 0 Å². The van der Waals surface area contributed by atoms with E-state index in [1.807, 2.05) is 0 Å². The van der Waals surface area contributed by atoms with Crippen molar-refractivity contribution in [2.24, 2.45) is 15.7 Å². The number of aromatic hydroxyl groups is 1. The molecule has 9 nitrogen and oxygen atoms in total. The largest absolute Gasteiger partial charge is 0.507 e. The van der Waals surface area contributed by atoms with Gasteiger partial charge in [-0.2, -0.15) is 5.12 Å². The summed E-state index contributed by atoms with van der Waals surface area (Å²) >= 11 is 0. The lowest BCUT2D eigenvalue weighted by Crippen LogP contribution is -2.59. The Labute approximate surface area is 171 Å². The fourth-order valence-corrected chi connectivity index (χ4v) is 4.07. The third kappa shape index (κ3) is 5.26. The van der Waals surface area contributed by atoms with Crippen molar-refractivity contribution < 1.29 is 5.11 Å². The zero-order chi connectivity index (χ0) is 21.2. The van der Waals surface area contributed by atoms with Crippen molar-refractivity contribution in [3.63, 3.8) is 0 Å². The van der Waals surface area contributed by atoms with Crippen LogP contribution in [0, 0.1) is 5.41 Å². The first-order valence-corrected chi connectivity index (χ1v) is 9.61. The quantitative estimate of drug-likeness (QED) is 0.338. The molecule has 156 valence electrons. The third-order valence-electron chi connectivity index (χ3n) is 4.81. The van der Waals surface area contributed by atoms with Gasteiger partial charge in [-0.1, -0.05) is 0 Å². The molecule has 3 rings (SSSR count). The number of hydrogen-bond acceptors (Lipinski definition) is 7. The van der Waals surface area contributed by atoms with Gasteiger partial charge < -0.3 is 16.2 Å². The van der Waals surface area contributed by atoms with Crippen LogP contribution in [0.25, 0.3) is 0 Å². The van der Waals surface area contributed by atoms with Gasteiger partial charge in [-0.25, -0.2) is 4.99 Å². The first-order chi connectivity index (χ1) is 13.5. The molecule has 0 radical (unpaired) electrons. The monoisotopic (exact) mass is 398 g/mol. The number of amidine groups is 2. The van der Waals surface area contributed by atoms with Crippen LogP contribution < -0.4 is 27.0 Å². The lowest BCUT2D eigenvalue weighted by atomic mass is 9.80. The zero-order valence-electron chi connectivity index (χ0n) is 17.3. The van der Waals surface area contributed by atoms with Crippen LogP contribution in [0.5, 0.6) is 5.75 Å². The summed E-state index contributed by atoms with van der Waals surface area (Å²) in [5.41, 5.74) is 12.9. The Balaban J connectivity index is 1.67. The van der Waals surface area contributed by atoms with E-state index in [0.717, 1.165) is 12.8 Å². The van der Waals surface area contributed by atoms with E-state index in [9.17, 15) is 5.11 Å². The van der Waals surface area contributed by atoms with Crippen LogP contribution in [0.2, 0.25) is 0 Å². The highest BCUT2D eigenvalue weighted by atomic mass is 16.3. The third-order valence-corrected chi connectivity index (χ3v) is 4.81. The van der Waals surface area contributed by atoms with E-state index in [0.29, 0.717) is 11.3 Å². The molecule has 0 aliphatic carbocycles. The highest BCUT2D eigenvalue weighted by molar-refractivity contribution is 6.31. The summed E-state index contributed by atoms with van der Waals surface area (Å²) in [6.07, 6.45) is 6.58. The van der Waals surface area contributed by atoms with E-state index < -0.39 is 0 Å². The van der Waals surface area contributed by atoms with Crippen LogP contribution in [-0.4, -0.2) is 40.1 Å². The van der Waals surface area contributed by atoms with Gasteiger partial charge in [0.2, 0.25) is 0 Å². The van der Waals surface area contributed by atoms with Crippen LogP contribution in [0.3, 0.4) is 0 Å². The first-order valence-electron chi connectivity index (χ1n) is 9.61. The fraction of sp³-hybridized carbons (Fsp3) is 0.450. The Hall–Kier alpha value is -3.07. The number of anilines is 1. The number of nitrogens with one attached hydrogen (secondary N) is 4. The van der Waals surface area contributed by atoms with E-state index in [-0.39, 0.29) is 34.5 Å². The second-order valence-corrected chi connectivity index (χ2v) is 8.74. The van der Waals surface area contributed by atoms with Crippen molar-refractivity contribution in [3.8, 4) is 5.75 Å². The molecule has 1 aromatic rings. The molecule has 7 N–H and O–H groups in total. The maximum absolute atomic E-state index is 10.3. The fourth-order valence-electron chi connectivity index (χ4n) is 4.07. The normalized spacial score (nSPS) is 21.2. The number of aliphatic imine (C=N–C) groups is 2. The van der Waals surface area contributed by atoms with Crippen molar-refractivity contribution in [2.75, 3.05) is 5.12 Å². The number of piperidine rings is 1. The molecule has 9 heteroatoms. The minimum atomic E-state index is -0.0846. The predicted octanol–water partition coefficient (Wildman–Crippen LogP) is 1.76. The number of hydrazine groups is 2. The Kier molecular flexibility index (Phi) is 5.52. The molecule has 29 heavy (non-hydrogen) atoms. The summed E-state index contributed by atoms with van der Waals surface area (Å²) in [5, 5.41) is 23.7. The molecular formula is C20H30N8O. The SMILES string of the molecule is CC1(C)CC(N=C(N)C=NC(=N)c2ccc(N3NC=CN3)cc2O)CC(C)(C)N1. The van der Waals surface area contributed by atoms with Crippen molar-refractivity contribution in [1.82, 2.24) is 16.2 Å². The number of phenols is 1. The van der Waals surface area contributed by atoms with Gasteiger partial charge in [0.25, 0.3) is 0 Å². The van der Waals surface area contributed by atoms with E-state index >= 15 is 0 Å². The zero-order valence-corrected chi connectivity index (χ0v) is 17.3. The number of phenolic OH excluding ortho intramolecular Hbond substituents is 1. The standard InChI is InChI=1S/C20H30N8O/c1-19(2)10-13(11-20(3,4)27-19)26-17(21)12-23-18(22)15-6-5-14(9-16(15)29)28-24-7-8-25-28/h5-9,12-13,22,24-25,27,29H,10-11H2,1-4H3,(H2,21,26). The Morgan fingerprint density at radius 2 is 1.83 bits per heavy atom. The van der Waals surface area contributed by atoms with Gasteiger partial charge >= 0.3 is 0 Å². The maximum atomic E-state index is 10.3. The number of nitrogens with two attached hydrogens (primary N) is 1. The minimum Gasteiger partial charge on any atom is -0.507 e. The van der Waals surface area contributed by atoms with Crippen LogP contribution in [-0.2, 0) is 0 Å². The van der Waals surface area contributed by atoms with E-state index in [2.05, 4.69) is 53.8 Å². The molecule has 0 amide bonds. The molecule has 0 saturated carbocycles. The number of benzene rings is 1. The molecule has 0 atom stereocenters. The molecule has 0 spiro atoms. The lowest BCUT2D eigenvalue weighted by molar-refractivity contribution is 0.164. The molecule has 1 fully saturated rings. The van der Waals surface area contributed by atoms with Gasteiger partial charge in [0.15, 0.2) is 5.84 Å². The second kappa shape index (κ2) is 7.75. The number of hydrogen-bond donors (Lipinski definition) is 6. The summed E-state index contributed by atoms with van der Waals surface area (Å²) in [6, 6.07) is 5.03. The molecule has 0 aromatic heterocycles. The summed E-state index contributed by atoms with van der Waals surface area (Å²) in [5.74, 6) is 0.150. The topological polar surface area (TPSA) is 134 Å². The van der Waals surface area contributed by atoms with Crippen LogP contribution >= 0.6 is 0 Å². The Morgan fingerprint density at radius 3 is 2.41 bits per heavy atom. The van der Waals surface area contributed by atoms with Crippen molar-refractivity contribution in [3.05, 3.63) is 36.2 Å². The highest BCUT2D eigenvalue weighted by Crippen LogP contribution is 2.30. The maximum Gasteiger partial charge on any atom is 0.155 e. The van der Waals surface area contributed by atoms with Gasteiger partial charge in [0, 0.05) is 29.5 Å². The predicted molar refractivity (Wildman–Crippen MR) is 117 cm³/mol. The number of rotatable bonds is 4. The molecular weight excluding hydrogens is 368 g/mol. The summed E-state index contributed by atoms with van der Waals surface area (Å²) < 4.78 is 0. The van der Waals surface area contributed by atoms with Gasteiger partial charge in [0.1, 0.15) is 11.6 Å². The Morgan fingerprint density at radius 1 is 1.21 bits per heavy atom. The Bertz CT molecular complexity index is 847. The first kappa shape index (κ1) is 20.7. The molecule has 2 aliphatic heterocycles. The van der Waals surface area contributed by atoms with Crippen LogP contribution in [0.15, 0.2) is 40.6 Å². The molecule has 1 aromatic carbocycles. The van der Waals surface area contributed by atoms with Gasteiger partial charge in [0.05, 0.1) is 23.5 Å². The van der Waals surface area contributed by atoms with E-state index in [1.54, 1.807) is 35.7 Å². The molecule has 2 heterocycles. The lowest BCUT2D eigenvalue weighted by Gasteiger charge is -2.45. The summed E-state index contributed by atoms with van der Waals surface area (Å²) in [4.78, 5) is 8.69. The molecule has 2 aliphatic rings. The average molecular weight is 399 g/mol. The molecule has 0 unspecified atom stereocenters. The van der Waals surface area contributed by atoms with E-state index in [4.69, 9.17) is 11.1 Å². The van der Waals surface area contributed by atoms with Crippen LogP contribution in [0.4, 0.5) is 5.69 Å². The van der Waals surface area contributed by atoms with Gasteiger partial charge in [-0.05, 0) is 52.7 Å². The average Bonchev–Trinajstić information content (AvgIpc) is 3.11. The molecule has 1 saturated heterocycles. The summed E-state index contributed by atoms with van der Waals surface area (Å²) in [7, 11) is 0.